The second kappa shape index (κ2) is 13.8. The number of carbonyl (C=O) groups is 2. The van der Waals surface area contributed by atoms with Gasteiger partial charge in [0.2, 0.25) is 0 Å². The number of rotatable bonds is 6. The van der Waals surface area contributed by atoms with Gasteiger partial charge in [0.25, 0.3) is 0 Å². The lowest BCUT2D eigenvalue weighted by Gasteiger charge is -2.37. The zero-order chi connectivity index (χ0) is 28.3. The van der Waals surface area contributed by atoms with Gasteiger partial charge in [0, 0.05) is 44.6 Å². The molecule has 0 atom stereocenters. The molecule has 0 aliphatic carbocycles. The molecule has 1 fully saturated rings. The Morgan fingerprint density at radius 2 is 1.51 bits per heavy atom. The Balaban J connectivity index is 0.000000532. The number of hydrogen-bond acceptors (Lipinski definition) is 5. The van der Waals surface area contributed by atoms with Crippen LogP contribution in [-0.4, -0.2) is 76.9 Å². The highest BCUT2D eigenvalue weighted by atomic mass is 19.4. The summed E-state index contributed by atoms with van der Waals surface area (Å²) in [6.45, 7) is 4.02. The largest absolute Gasteiger partial charge is 0.490 e. The maximum atomic E-state index is 11.1. The van der Waals surface area contributed by atoms with Crippen LogP contribution in [0.3, 0.4) is 0 Å². The minimum atomic E-state index is -5.08. The SMILES string of the molecule is O=C(O)C(F)(F)F.O=C(O)c1ccc(NC(=NCCc2ccccc2)N2CCN(c3ccccn3)CC2)cc1. The first-order valence-electron chi connectivity index (χ1n) is 12.0. The lowest BCUT2D eigenvalue weighted by atomic mass is 10.2. The first kappa shape index (κ1) is 29.0. The molecule has 0 saturated carbocycles. The molecule has 3 N–H and O–H groups in total. The van der Waals surface area contributed by atoms with Crippen LogP contribution in [0.25, 0.3) is 0 Å². The summed E-state index contributed by atoms with van der Waals surface area (Å²) in [6, 6.07) is 23.0. The van der Waals surface area contributed by atoms with Crippen LogP contribution in [0.2, 0.25) is 0 Å². The second-order valence-corrected chi connectivity index (χ2v) is 8.41. The zero-order valence-electron chi connectivity index (χ0n) is 20.9. The molecule has 0 bridgehead atoms. The molecule has 206 valence electrons. The normalized spacial score (nSPS) is 13.8. The molecule has 2 heterocycles. The van der Waals surface area contributed by atoms with E-state index in [2.05, 4.69) is 32.2 Å². The molecule has 1 saturated heterocycles. The van der Waals surface area contributed by atoms with Crippen molar-refractivity contribution in [3.05, 3.63) is 90.1 Å². The van der Waals surface area contributed by atoms with Crippen molar-refractivity contribution in [3.8, 4) is 0 Å². The van der Waals surface area contributed by atoms with Crippen LogP contribution in [0.1, 0.15) is 15.9 Å². The summed E-state index contributed by atoms with van der Waals surface area (Å²) in [5.74, 6) is -1.89. The molecule has 9 nitrogen and oxygen atoms in total. The number of carboxylic acids is 2. The minimum Gasteiger partial charge on any atom is -0.478 e. The van der Waals surface area contributed by atoms with E-state index in [4.69, 9.17) is 20.0 Å². The van der Waals surface area contributed by atoms with Crippen molar-refractivity contribution < 1.29 is 33.0 Å². The molecule has 2 aromatic carbocycles. The number of pyridine rings is 1. The summed E-state index contributed by atoms with van der Waals surface area (Å²) in [4.78, 5) is 33.9. The van der Waals surface area contributed by atoms with E-state index in [1.165, 1.54) is 5.56 Å². The van der Waals surface area contributed by atoms with Crippen LogP contribution in [-0.2, 0) is 11.2 Å². The van der Waals surface area contributed by atoms with Crippen LogP contribution in [0.15, 0.2) is 84.0 Å². The monoisotopic (exact) mass is 543 g/mol. The smallest absolute Gasteiger partial charge is 0.478 e. The van der Waals surface area contributed by atoms with Crippen molar-refractivity contribution in [3.63, 3.8) is 0 Å². The quantitative estimate of drug-likeness (QED) is 0.312. The molecule has 0 unspecified atom stereocenters. The fourth-order valence-corrected chi connectivity index (χ4v) is 3.67. The van der Waals surface area contributed by atoms with Gasteiger partial charge in [-0.25, -0.2) is 14.6 Å². The number of aliphatic imine (C=N–C) groups is 1. The van der Waals surface area contributed by atoms with Gasteiger partial charge in [0.1, 0.15) is 5.82 Å². The predicted octanol–water partition coefficient (Wildman–Crippen LogP) is 4.25. The van der Waals surface area contributed by atoms with E-state index in [1.807, 2.05) is 42.6 Å². The third-order valence-electron chi connectivity index (χ3n) is 5.69. The van der Waals surface area contributed by atoms with Gasteiger partial charge in [-0.05, 0) is 48.4 Å². The number of carboxylic acid groups (broad SMARTS) is 2. The van der Waals surface area contributed by atoms with E-state index in [9.17, 15) is 18.0 Å². The number of aromatic nitrogens is 1. The summed E-state index contributed by atoms with van der Waals surface area (Å²) in [5, 5.41) is 19.7. The average Bonchev–Trinajstić information content (AvgIpc) is 2.94. The van der Waals surface area contributed by atoms with E-state index in [0.717, 1.165) is 50.1 Å². The maximum Gasteiger partial charge on any atom is 0.490 e. The average molecular weight is 544 g/mol. The van der Waals surface area contributed by atoms with Crippen LogP contribution in [0, 0.1) is 0 Å². The van der Waals surface area contributed by atoms with Crippen LogP contribution in [0.4, 0.5) is 24.7 Å². The predicted molar refractivity (Wildman–Crippen MR) is 141 cm³/mol. The van der Waals surface area contributed by atoms with Gasteiger partial charge in [-0.3, -0.25) is 4.99 Å². The number of aromatic carboxylic acids is 1. The molecule has 39 heavy (non-hydrogen) atoms. The van der Waals surface area contributed by atoms with Gasteiger partial charge in [-0.2, -0.15) is 13.2 Å². The van der Waals surface area contributed by atoms with Crippen molar-refractivity contribution >= 4 is 29.4 Å². The molecule has 3 aromatic rings. The summed E-state index contributed by atoms with van der Waals surface area (Å²) >= 11 is 0. The lowest BCUT2D eigenvalue weighted by Crippen LogP contribution is -2.51. The van der Waals surface area contributed by atoms with E-state index in [-0.39, 0.29) is 5.56 Å². The fraction of sp³-hybridized carbons (Fsp3) is 0.259. The van der Waals surface area contributed by atoms with E-state index >= 15 is 0 Å². The number of benzene rings is 2. The molecular formula is C27H28F3N5O4. The number of hydrogen-bond donors (Lipinski definition) is 3. The van der Waals surface area contributed by atoms with E-state index in [1.54, 1.807) is 24.3 Å². The Kier molecular flexibility index (Phi) is 10.2. The summed E-state index contributed by atoms with van der Waals surface area (Å²) in [5.41, 5.74) is 2.34. The highest BCUT2D eigenvalue weighted by molar-refractivity contribution is 5.95. The molecule has 1 aliphatic heterocycles. The molecular weight excluding hydrogens is 515 g/mol. The number of aliphatic carboxylic acids is 1. The second-order valence-electron chi connectivity index (χ2n) is 8.41. The highest BCUT2D eigenvalue weighted by Gasteiger charge is 2.38. The van der Waals surface area contributed by atoms with Gasteiger partial charge in [-0.1, -0.05) is 36.4 Å². The van der Waals surface area contributed by atoms with Gasteiger partial charge in [-0.15, -0.1) is 0 Å². The highest BCUT2D eigenvalue weighted by Crippen LogP contribution is 2.16. The van der Waals surface area contributed by atoms with Crippen LogP contribution < -0.4 is 10.2 Å². The third kappa shape index (κ3) is 9.33. The number of nitrogens with one attached hydrogen (secondary N) is 1. The number of nitrogens with zero attached hydrogens (tertiary/aromatic N) is 4. The Labute approximate surface area is 223 Å². The Bertz CT molecular complexity index is 1230. The fourth-order valence-electron chi connectivity index (χ4n) is 3.67. The molecule has 0 radical (unpaired) electrons. The number of alkyl halides is 3. The topological polar surface area (TPSA) is 118 Å². The molecule has 12 heteroatoms. The Morgan fingerprint density at radius 3 is 2.05 bits per heavy atom. The van der Waals surface area contributed by atoms with Gasteiger partial charge in [0.15, 0.2) is 5.96 Å². The first-order chi connectivity index (χ1) is 18.6. The Hall–Kier alpha value is -4.61. The molecule has 1 aromatic heterocycles. The van der Waals surface area contributed by atoms with E-state index < -0.39 is 18.1 Å². The number of halogens is 3. The molecule has 4 rings (SSSR count). The van der Waals surface area contributed by atoms with Crippen molar-refractivity contribution in [2.45, 2.75) is 12.6 Å². The summed E-state index contributed by atoms with van der Waals surface area (Å²) in [7, 11) is 0. The number of piperazine rings is 1. The number of anilines is 2. The lowest BCUT2D eigenvalue weighted by molar-refractivity contribution is -0.192. The third-order valence-corrected chi connectivity index (χ3v) is 5.69. The molecule has 1 aliphatic rings. The van der Waals surface area contributed by atoms with Crippen molar-refractivity contribution in [2.75, 3.05) is 42.9 Å². The first-order valence-corrected chi connectivity index (χ1v) is 12.0. The standard InChI is InChI=1S/C25H27N5O2.C2HF3O2/c31-24(32)21-9-11-22(12-10-21)28-25(27-15-13-20-6-2-1-3-7-20)30-18-16-29(17-19-30)23-8-4-5-14-26-23;3-2(4,5)1(6)7/h1-12,14H,13,15-19H2,(H,27,28)(H,31,32);(H,6,7). The van der Waals surface area contributed by atoms with Crippen molar-refractivity contribution in [1.29, 1.82) is 0 Å². The van der Waals surface area contributed by atoms with Gasteiger partial charge in [0.05, 0.1) is 5.56 Å². The van der Waals surface area contributed by atoms with Crippen molar-refractivity contribution in [2.24, 2.45) is 4.99 Å². The van der Waals surface area contributed by atoms with Crippen LogP contribution >= 0.6 is 0 Å². The minimum absolute atomic E-state index is 0.266. The summed E-state index contributed by atoms with van der Waals surface area (Å²) in [6.07, 6.45) is -2.40. The Morgan fingerprint density at radius 1 is 0.897 bits per heavy atom. The van der Waals surface area contributed by atoms with Crippen molar-refractivity contribution in [1.82, 2.24) is 9.88 Å². The van der Waals surface area contributed by atoms with Gasteiger partial charge >= 0.3 is 18.1 Å². The number of guanidine groups is 1. The maximum absolute atomic E-state index is 11.1. The molecule has 0 spiro atoms. The zero-order valence-corrected chi connectivity index (χ0v) is 20.9. The van der Waals surface area contributed by atoms with Gasteiger partial charge < -0.3 is 25.3 Å². The van der Waals surface area contributed by atoms with E-state index in [0.29, 0.717) is 6.54 Å². The van der Waals surface area contributed by atoms with Crippen LogP contribution in [0.5, 0.6) is 0 Å². The molecule has 0 amide bonds. The summed E-state index contributed by atoms with van der Waals surface area (Å²) < 4.78 is 31.7.